The average Bonchev–Trinajstić information content (AvgIpc) is 2.47. The van der Waals surface area contributed by atoms with Crippen LogP contribution in [-0.4, -0.2) is 11.2 Å². The number of aliphatic hydroxyl groups excluding tert-OH is 1. The van der Waals surface area contributed by atoms with E-state index in [1.54, 1.807) is 0 Å². The first-order valence-corrected chi connectivity index (χ1v) is 7.33. The van der Waals surface area contributed by atoms with Gasteiger partial charge in [-0.3, -0.25) is 0 Å². The van der Waals surface area contributed by atoms with Gasteiger partial charge in [0.1, 0.15) is 0 Å². The van der Waals surface area contributed by atoms with E-state index in [9.17, 15) is 10.4 Å². The summed E-state index contributed by atoms with van der Waals surface area (Å²) in [4.78, 5) is 0. The lowest BCUT2D eigenvalue weighted by Crippen LogP contribution is -2.43. The van der Waals surface area contributed by atoms with Crippen molar-refractivity contribution >= 4 is 0 Å². The summed E-state index contributed by atoms with van der Waals surface area (Å²) >= 11 is 0. The Morgan fingerprint density at radius 1 is 1.26 bits per heavy atom. The SMILES string of the molecule is CCC(CC)C(O)C1(C#N)CCc2ccccc2C1. The summed E-state index contributed by atoms with van der Waals surface area (Å²) in [7, 11) is 0. The van der Waals surface area contributed by atoms with Gasteiger partial charge in [-0.1, -0.05) is 51.0 Å². The molecular formula is C17H23NO. The number of hydrogen-bond donors (Lipinski definition) is 1. The Morgan fingerprint density at radius 3 is 2.47 bits per heavy atom. The normalized spacial score (nSPS) is 23.7. The number of fused-ring (bicyclic) bond motifs is 1. The quantitative estimate of drug-likeness (QED) is 0.897. The molecule has 0 heterocycles. The Bertz CT molecular complexity index is 472. The molecule has 0 fully saturated rings. The van der Waals surface area contributed by atoms with Crippen molar-refractivity contribution in [2.75, 3.05) is 0 Å². The summed E-state index contributed by atoms with van der Waals surface area (Å²) in [6.45, 7) is 4.19. The van der Waals surface area contributed by atoms with E-state index in [-0.39, 0.29) is 5.92 Å². The van der Waals surface area contributed by atoms with Crippen molar-refractivity contribution in [2.45, 2.75) is 52.1 Å². The predicted octanol–water partition coefficient (Wildman–Crippen LogP) is 3.48. The Balaban J connectivity index is 2.29. The molecule has 0 radical (unpaired) electrons. The fourth-order valence-electron chi connectivity index (χ4n) is 3.36. The smallest absolute Gasteiger partial charge is 0.0878 e. The second kappa shape index (κ2) is 5.75. The van der Waals surface area contributed by atoms with Crippen LogP contribution in [0.15, 0.2) is 24.3 Å². The van der Waals surface area contributed by atoms with Crippen LogP contribution in [0, 0.1) is 22.7 Å². The molecule has 1 aromatic carbocycles. The third-order valence-corrected chi connectivity index (χ3v) is 4.75. The molecule has 0 bridgehead atoms. The number of nitriles is 1. The van der Waals surface area contributed by atoms with Crippen molar-refractivity contribution < 1.29 is 5.11 Å². The molecule has 0 spiro atoms. The molecule has 2 nitrogen and oxygen atoms in total. The third-order valence-electron chi connectivity index (χ3n) is 4.75. The predicted molar refractivity (Wildman–Crippen MR) is 76.6 cm³/mol. The lowest BCUT2D eigenvalue weighted by atomic mass is 9.65. The van der Waals surface area contributed by atoms with E-state index in [4.69, 9.17) is 0 Å². The van der Waals surface area contributed by atoms with Gasteiger partial charge >= 0.3 is 0 Å². The fraction of sp³-hybridized carbons (Fsp3) is 0.588. The van der Waals surface area contributed by atoms with E-state index in [0.717, 1.165) is 25.7 Å². The van der Waals surface area contributed by atoms with Crippen molar-refractivity contribution in [3.8, 4) is 6.07 Å². The number of aliphatic hydroxyl groups is 1. The van der Waals surface area contributed by atoms with Gasteiger partial charge in [0.15, 0.2) is 0 Å². The summed E-state index contributed by atoms with van der Waals surface area (Å²) in [5, 5.41) is 20.4. The summed E-state index contributed by atoms with van der Waals surface area (Å²) in [6.07, 6.45) is 3.72. The minimum atomic E-state index is -0.592. The van der Waals surface area contributed by atoms with Crippen LogP contribution in [0.25, 0.3) is 0 Å². The molecular weight excluding hydrogens is 234 g/mol. The summed E-state index contributed by atoms with van der Waals surface area (Å²) in [5.41, 5.74) is 1.98. The average molecular weight is 257 g/mol. The molecule has 2 atom stereocenters. The van der Waals surface area contributed by atoms with Crippen LogP contribution >= 0.6 is 0 Å². The van der Waals surface area contributed by atoms with E-state index in [1.165, 1.54) is 11.1 Å². The van der Waals surface area contributed by atoms with Crippen molar-refractivity contribution in [2.24, 2.45) is 11.3 Å². The largest absolute Gasteiger partial charge is 0.391 e. The Labute approximate surface area is 116 Å². The van der Waals surface area contributed by atoms with Crippen LogP contribution in [0.1, 0.15) is 44.2 Å². The molecule has 0 saturated carbocycles. The molecule has 2 unspecified atom stereocenters. The first kappa shape index (κ1) is 14.1. The van der Waals surface area contributed by atoms with E-state index in [0.29, 0.717) is 6.42 Å². The first-order valence-electron chi connectivity index (χ1n) is 7.33. The third kappa shape index (κ3) is 2.53. The molecule has 2 heteroatoms. The van der Waals surface area contributed by atoms with Crippen LogP contribution < -0.4 is 0 Å². The Hall–Kier alpha value is -1.33. The monoisotopic (exact) mass is 257 g/mol. The minimum Gasteiger partial charge on any atom is -0.391 e. The van der Waals surface area contributed by atoms with E-state index >= 15 is 0 Å². The maximum atomic E-state index is 10.7. The van der Waals surface area contributed by atoms with Crippen molar-refractivity contribution in [3.63, 3.8) is 0 Å². The highest BCUT2D eigenvalue weighted by atomic mass is 16.3. The molecule has 102 valence electrons. The minimum absolute atomic E-state index is 0.227. The molecule has 0 aliphatic heterocycles. The van der Waals surface area contributed by atoms with Gasteiger partial charge in [0.05, 0.1) is 17.6 Å². The van der Waals surface area contributed by atoms with Crippen LogP contribution in [0.5, 0.6) is 0 Å². The van der Waals surface area contributed by atoms with Gasteiger partial charge in [0.25, 0.3) is 0 Å². The van der Waals surface area contributed by atoms with Crippen LogP contribution in [0.2, 0.25) is 0 Å². The van der Waals surface area contributed by atoms with Gasteiger partial charge in [-0.15, -0.1) is 0 Å². The van der Waals surface area contributed by atoms with Crippen LogP contribution in [0.4, 0.5) is 0 Å². The van der Waals surface area contributed by atoms with Crippen LogP contribution in [0.3, 0.4) is 0 Å². The summed E-state index contributed by atoms with van der Waals surface area (Å²) in [5.74, 6) is 0.227. The molecule has 1 aromatic rings. The number of rotatable bonds is 4. The molecule has 1 N–H and O–H groups in total. The summed E-state index contributed by atoms with van der Waals surface area (Å²) in [6, 6.07) is 10.8. The summed E-state index contributed by atoms with van der Waals surface area (Å²) < 4.78 is 0. The topological polar surface area (TPSA) is 44.0 Å². The molecule has 0 aromatic heterocycles. The Morgan fingerprint density at radius 2 is 1.89 bits per heavy atom. The van der Waals surface area contributed by atoms with Gasteiger partial charge in [0, 0.05) is 0 Å². The molecule has 1 aliphatic rings. The lowest BCUT2D eigenvalue weighted by molar-refractivity contribution is 0.00199. The molecule has 2 rings (SSSR count). The zero-order chi connectivity index (χ0) is 13.9. The number of nitrogens with zero attached hydrogens (tertiary/aromatic N) is 1. The molecule has 19 heavy (non-hydrogen) atoms. The Kier molecular flexibility index (Phi) is 4.27. The highest BCUT2D eigenvalue weighted by Gasteiger charge is 2.43. The second-order valence-corrected chi connectivity index (χ2v) is 5.73. The highest BCUT2D eigenvalue weighted by Crippen LogP contribution is 2.41. The van der Waals surface area contributed by atoms with Crippen LogP contribution in [-0.2, 0) is 12.8 Å². The standard InChI is InChI=1S/C17H23NO/c1-3-13(4-2)16(19)17(12-18)10-9-14-7-5-6-8-15(14)11-17/h5-8,13,16,19H,3-4,9-11H2,1-2H3. The zero-order valence-corrected chi connectivity index (χ0v) is 11.9. The lowest BCUT2D eigenvalue weighted by Gasteiger charge is -2.39. The van der Waals surface area contributed by atoms with Gasteiger partial charge < -0.3 is 5.11 Å². The van der Waals surface area contributed by atoms with E-state index in [1.807, 2.05) is 6.07 Å². The van der Waals surface area contributed by atoms with E-state index < -0.39 is 11.5 Å². The second-order valence-electron chi connectivity index (χ2n) is 5.73. The number of hydrogen-bond acceptors (Lipinski definition) is 2. The first-order chi connectivity index (χ1) is 9.16. The molecule has 1 aliphatic carbocycles. The fourth-order valence-corrected chi connectivity index (χ4v) is 3.36. The van der Waals surface area contributed by atoms with Gasteiger partial charge in [-0.2, -0.15) is 5.26 Å². The van der Waals surface area contributed by atoms with Crippen molar-refractivity contribution in [1.29, 1.82) is 5.26 Å². The van der Waals surface area contributed by atoms with E-state index in [2.05, 4.69) is 38.1 Å². The number of benzene rings is 1. The zero-order valence-electron chi connectivity index (χ0n) is 11.9. The van der Waals surface area contributed by atoms with Gasteiger partial charge in [0.2, 0.25) is 0 Å². The molecule has 0 saturated heterocycles. The van der Waals surface area contributed by atoms with Gasteiger partial charge in [-0.25, -0.2) is 0 Å². The van der Waals surface area contributed by atoms with Crippen molar-refractivity contribution in [1.82, 2.24) is 0 Å². The molecule has 0 amide bonds. The maximum absolute atomic E-state index is 10.7. The number of aryl methyl sites for hydroxylation is 1. The highest BCUT2D eigenvalue weighted by molar-refractivity contribution is 5.33. The van der Waals surface area contributed by atoms with Gasteiger partial charge in [-0.05, 0) is 36.3 Å². The maximum Gasteiger partial charge on any atom is 0.0878 e. The van der Waals surface area contributed by atoms with Crippen molar-refractivity contribution in [3.05, 3.63) is 35.4 Å².